The van der Waals surface area contributed by atoms with Crippen LogP contribution in [0.3, 0.4) is 0 Å². The Morgan fingerprint density at radius 2 is 1.85 bits per heavy atom. The lowest BCUT2D eigenvalue weighted by atomic mass is 10.0. The second-order valence-electron chi connectivity index (χ2n) is 4.63. The third-order valence-corrected chi connectivity index (χ3v) is 3.33. The zero-order chi connectivity index (χ0) is 15.1. The summed E-state index contributed by atoms with van der Waals surface area (Å²) in [7, 11) is 1.60. The standard InChI is InChI=1S/C15H24N2O3/c1-5-17(6-2)15(19)16-11(3)14(18)12-7-9-13(20-4)10-8-12/h7-11,14,18H,5-6H2,1-4H3,(H,16,19). The number of nitrogens with zero attached hydrogens (tertiary/aromatic N) is 1. The Bertz CT molecular complexity index is 416. The summed E-state index contributed by atoms with van der Waals surface area (Å²) in [5, 5.41) is 13.1. The Morgan fingerprint density at radius 1 is 1.30 bits per heavy atom. The van der Waals surface area contributed by atoms with Gasteiger partial charge in [0.2, 0.25) is 0 Å². The smallest absolute Gasteiger partial charge is 0.317 e. The zero-order valence-corrected chi connectivity index (χ0v) is 12.6. The fourth-order valence-corrected chi connectivity index (χ4v) is 1.97. The number of aliphatic hydroxyl groups excluding tert-OH is 1. The van der Waals surface area contributed by atoms with Crippen molar-refractivity contribution in [2.75, 3.05) is 20.2 Å². The molecule has 0 aliphatic rings. The van der Waals surface area contributed by atoms with E-state index in [1.807, 2.05) is 13.8 Å². The van der Waals surface area contributed by atoms with Gasteiger partial charge in [0.15, 0.2) is 0 Å². The maximum Gasteiger partial charge on any atom is 0.317 e. The summed E-state index contributed by atoms with van der Waals surface area (Å²) in [6.45, 7) is 6.93. The lowest BCUT2D eigenvalue weighted by Crippen LogP contribution is -2.45. The molecule has 0 aromatic heterocycles. The Balaban J connectivity index is 2.65. The molecule has 0 spiro atoms. The van der Waals surface area contributed by atoms with Gasteiger partial charge in [-0.25, -0.2) is 4.79 Å². The summed E-state index contributed by atoms with van der Waals surface area (Å²) in [4.78, 5) is 13.6. The van der Waals surface area contributed by atoms with Crippen molar-refractivity contribution in [3.63, 3.8) is 0 Å². The van der Waals surface area contributed by atoms with Crippen molar-refractivity contribution in [1.82, 2.24) is 10.2 Å². The number of carbonyl (C=O) groups is 1. The van der Waals surface area contributed by atoms with Crippen LogP contribution < -0.4 is 10.1 Å². The molecule has 0 saturated carbocycles. The van der Waals surface area contributed by atoms with Crippen LogP contribution in [0.5, 0.6) is 5.75 Å². The van der Waals surface area contributed by atoms with Crippen molar-refractivity contribution >= 4 is 6.03 Å². The van der Waals surface area contributed by atoms with Crippen molar-refractivity contribution in [1.29, 1.82) is 0 Å². The van der Waals surface area contributed by atoms with Gasteiger partial charge in [0.25, 0.3) is 0 Å². The second kappa shape index (κ2) is 7.75. The third kappa shape index (κ3) is 4.13. The third-order valence-electron chi connectivity index (χ3n) is 3.33. The summed E-state index contributed by atoms with van der Waals surface area (Å²) in [5.74, 6) is 0.737. The molecule has 2 amide bonds. The van der Waals surface area contributed by atoms with E-state index in [9.17, 15) is 9.90 Å². The van der Waals surface area contributed by atoms with Gasteiger partial charge in [0, 0.05) is 13.1 Å². The fraction of sp³-hybridized carbons (Fsp3) is 0.533. The summed E-state index contributed by atoms with van der Waals surface area (Å²) >= 11 is 0. The average Bonchev–Trinajstić information content (AvgIpc) is 2.47. The first-order valence-corrected chi connectivity index (χ1v) is 6.90. The molecule has 0 radical (unpaired) electrons. The molecule has 112 valence electrons. The van der Waals surface area contributed by atoms with Crippen LogP contribution in [0.2, 0.25) is 0 Å². The van der Waals surface area contributed by atoms with Crippen LogP contribution in [-0.2, 0) is 0 Å². The highest BCUT2D eigenvalue weighted by Crippen LogP contribution is 2.20. The minimum atomic E-state index is -0.750. The summed E-state index contributed by atoms with van der Waals surface area (Å²) in [6.07, 6.45) is -0.750. The molecule has 0 aliphatic carbocycles. The van der Waals surface area contributed by atoms with Crippen molar-refractivity contribution in [3.05, 3.63) is 29.8 Å². The molecule has 5 nitrogen and oxygen atoms in total. The Labute approximate surface area is 120 Å². The van der Waals surface area contributed by atoms with E-state index in [0.717, 1.165) is 11.3 Å². The van der Waals surface area contributed by atoms with Crippen LogP contribution in [-0.4, -0.2) is 42.3 Å². The van der Waals surface area contributed by atoms with Gasteiger partial charge in [-0.3, -0.25) is 0 Å². The highest BCUT2D eigenvalue weighted by Gasteiger charge is 2.20. The minimum absolute atomic E-state index is 0.157. The predicted molar refractivity (Wildman–Crippen MR) is 78.9 cm³/mol. The van der Waals surface area contributed by atoms with Gasteiger partial charge in [0.05, 0.1) is 19.3 Å². The number of rotatable bonds is 6. The average molecular weight is 280 g/mol. The van der Waals surface area contributed by atoms with Crippen LogP contribution in [0, 0.1) is 0 Å². The number of aliphatic hydroxyl groups is 1. The molecule has 0 bridgehead atoms. The summed E-state index contributed by atoms with van der Waals surface area (Å²) in [6, 6.07) is 6.65. The number of carbonyl (C=O) groups excluding carboxylic acids is 1. The Hall–Kier alpha value is -1.75. The van der Waals surface area contributed by atoms with Crippen LogP contribution in [0.25, 0.3) is 0 Å². The normalized spacial score (nSPS) is 13.4. The van der Waals surface area contributed by atoms with Gasteiger partial charge in [0.1, 0.15) is 5.75 Å². The molecule has 20 heavy (non-hydrogen) atoms. The van der Waals surface area contributed by atoms with Crippen LogP contribution in [0.1, 0.15) is 32.4 Å². The van der Waals surface area contributed by atoms with Gasteiger partial charge in [-0.1, -0.05) is 12.1 Å². The van der Waals surface area contributed by atoms with E-state index in [0.29, 0.717) is 13.1 Å². The number of benzene rings is 1. The number of urea groups is 1. The summed E-state index contributed by atoms with van der Waals surface area (Å²) < 4.78 is 5.08. The number of ether oxygens (including phenoxy) is 1. The van der Waals surface area contributed by atoms with Crippen LogP contribution in [0.15, 0.2) is 24.3 Å². The molecule has 1 rings (SSSR count). The van der Waals surface area contributed by atoms with E-state index < -0.39 is 6.10 Å². The number of methoxy groups -OCH3 is 1. The first kappa shape index (κ1) is 16.3. The Kier molecular flexibility index (Phi) is 6.31. The molecule has 0 heterocycles. The molecule has 2 N–H and O–H groups in total. The van der Waals surface area contributed by atoms with E-state index in [1.165, 1.54) is 0 Å². The maximum atomic E-state index is 11.9. The molecular formula is C15H24N2O3. The molecule has 2 atom stereocenters. The molecule has 1 aromatic rings. The number of hydrogen-bond donors (Lipinski definition) is 2. The van der Waals surface area contributed by atoms with E-state index in [-0.39, 0.29) is 12.1 Å². The number of hydrogen-bond acceptors (Lipinski definition) is 3. The molecule has 0 fully saturated rings. The van der Waals surface area contributed by atoms with Crippen LogP contribution in [0.4, 0.5) is 4.79 Å². The maximum absolute atomic E-state index is 11.9. The molecular weight excluding hydrogens is 256 g/mol. The van der Waals surface area contributed by atoms with Crippen molar-refractivity contribution in [2.45, 2.75) is 32.9 Å². The molecule has 1 aromatic carbocycles. The van der Waals surface area contributed by atoms with Gasteiger partial charge in [-0.05, 0) is 38.5 Å². The minimum Gasteiger partial charge on any atom is -0.497 e. The summed E-state index contributed by atoms with van der Waals surface area (Å²) in [5.41, 5.74) is 0.748. The first-order valence-electron chi connectivity index (χ1n) is 6.90. The Morgan fingerprint density at radius 3 is 2.30 bits per heavy atom. The quantitative estimate of drug-likeness (QED) is 0.839. The topological polar surface area (TPSA) is 61.8 Å². The second-order valence-corrected chi connectivity index (χ2v) is 4.63. The first-order chi connectivity index (χ1) is 9.53. The van der Waals surface area contributed by atoms with Crippen molar-refractivity contribution in [2.24, 2.45) is 0 Å². The predicted octanol–water partition coefficient (Wildman–Crippen LogP) is 2.17. The zero-order valence-electron chi connectivity index (χ0n) is 12.6. The lowest BCUT2D eigenvalue weighted by Gasteiger charge is -2.25. The fourth-order valence-electron chi connectivity index (χ4n) is 1.97. The van der Waals surface area contributed by atoms with E-state index in [1.54, 1.807) is 43.2 Å². The highest BCUT2D eigenvalue weighted by molar-refractivity contribution is 5.74. The largest absolute Gasteiger partial charge is 0.497 e. The van der Waals surface area contributed by atoms with E-state index in [4.69, 9.17) is 4.74 Å². The SMILES string of the molecule is CCN(CC)C(=O)NC(C)C(O)c1ccc(OC)cc1. The van der Waals surface area contributed by atoms with E-state index in [2.05, 4.69) is 5.32 Å². The monoisotopic (exact) mass is 280 g/mol. The van der Waals surface area contributed by atoms with Crippen molar-refractivity contribution in [3.8, 4) is 5.75 Å². The molecule has 5 heteroatoms. The molecule has 2 unspecified atom stereocenters. The van der Waals surface area contributed by atoms with Gasteiger partial charge < -0.3 is 20.1 Å². The molecule has 0 saturated heterocycles. The van der Waals surface area contributed by atoms with Crippen LogP contribution >= 0.6 is 0 Å². The molecule has 0 aliphatic heterocycles. The highest BCUT2D eigenvalue weighted by atomic mass is 16.5. The van der Waals surface area contributed by atoms with Gasteiger partial charge in [-0.15, -0.1) is 0 Å². The lowest BCUT2D eigenvalue weighted by molar-refractivity contribution is 0.130. The number of nitrogens with one attached hydrogen (secondary N) is 1. The van der Waals surface area contributed by atoms with Gasteiger partial charge >= 0.3 is 6.03 Å². The van der Waals surface area contributed by atoms with E-state index >= 15 is 0 Å². The number of amides is 2. The van der Waals surface area contributed by atoms with Crippen molar-refractivity contribution < 1.29 is 14.6 Å². The van der Waals surface area contributed by atoms with Gasteiger partial charge in [-0.2, -0.15) is 0 Å².